The van der Waals surface area contributed by atoms with Gasteiger partial charge in [-0.3, -0.25) is 4.79 Å². The third kappa shape index (κ3) is 4.01. The average molecular weight is 385 g/mol. The molecule has 1 aromatic heterocycles. The van der Waals surface area contributed by atoms with Gasteiger partial charge in [-0.15, -0.1) is 0 Å². The van der Waals surface area contributed by atoms with Gasteiger partial charge in [-0.05, 0) is 36.0 Å². The van der Waals surface area contributed by atoms with Crippen molar-refractivity contribution in [3.8, 4) is 11.6 Å². The van der Waals surface area contributed by atoms with Crippen LogP contribution in [0, 0.1) is 6.92 Å². The molecule has 0 bridgehead atoms. The van der Waals surface area contributed by atoms with Crippen LogP contribution in [0.5, 0.6) is 11.6 Å². The van der Waals surface area contributed by atoms with Crippen LogP contribution in [0.4, 0.5) is 0 Å². The minimum absolute atomic E-state index is 0.0993. The molecule has 0 radical (unpaired) electrons. The summed E-state index contributed by atoms with van der Waals surface area (Å²) in [7, 11) is 0.689. The number of hydrogen-bond donors (Lipinski definition) is 2. The molecule has 1 aromatic carbocycles. The van der Waals surface area contributed by atoms with Crippen LogP contribution in [-0.2, 0) is 11.3 Å². The minimum atomic E-state index is -0.956. The van der Waals surface area contributed by atoms with Gasteiger partial charge in [0.1, 0.15) is 11.4 Å². The van der Waals surface area contributed by atoms with E-state index in [0.29, 0.717) is 24.2 Å². The highest BCUT2D eigenvalue weighted by atomic mass is 16.5. The van der Waals surface area contributed by atoms with Crippen LogP contribution in [0.25, 0.3) is 0 Å². The molecule has 9 heteroatoms. The van der Waals surface area contributed by atoms with Crippen molar-refractivity contribution in [2.75, 3.05) is 13.7 Å². The van der Waals surface area contributed by atoms with Crippen LogP contribution >= 0.6 is 0 Å². The van der Waals surface area contributed by atoms with E-state index in [-0.39, 0.29) is 30.1 Å². The second-order valence-electron chi connectivity index (χ2n) is 6.81. The van der Waals surface area contributed by atoms with Crippen molar-refractivity contribution in [1.82, 2.24) is 14.9 Å². The van der Waals surface area contributed by atoms with Crippen LogP contribution in [0.1, 0.15) is 41.4 Å². The highest BCUT2D eigenvalue weighted by Gasteiger charge is 2.30. The Morgan fingerprint density at radius 2 is 2.18 bits per heavy atom. The number of aliphatic hydroxyl groups excluding tert-OH is 1. The van der Waals surface area contributed by atoms with Gasteiger partial charge in [0.15, 0.2) is 0 Å². The van der Waals surface area contributed by atoms with Gasteiger partial charge in [0.2, 0.25) is 5.88 Å². The number of ether oxygens (including phenoxy) is 1. The quantitative estimate of drug-likeness (QED) is 0.686. The molecule has 0 saturated carbocycles. The zero-order valence-corrected chi connectivity index (χ0v) is 16.3. The topological polar surface area (TPSA) is 105 Å². The largest absolute Gasteiger partial charge is 0.492 e. The summed E-state index contributed by atoms with van der Waals surface area (Å²) in [5, 5.41) is 19.4. The summed E-state index contributed by atoms with van der Waals surface area (Å²) in [6.45, 7) is 4.11. The molecule has 2 aromatic rings. The highest BCUT2D eigenvalue weighted by molar-refractivity contribution is 6.62. The van der Waals surface area contributed by atoms with Gasteiger partial charge in [-0.25, -0.2) is 9.97 Å². The first-order chi connectivity index (χ1) is 13.5. The first-order valence-electron chi connectivity index (χ1n) is 9.26. The van der Waals surface area contributed by atoms with E-state index >= 15 is 0 Å². The first kappa shape index (κ1) is 20.3. The molecule has 0 saturated heterocycles. The van der Waals surface area contributed by atoms with Crippen LogP contribution in [0.3, 0.4) is 0 Å². The van der Waals surface area contributed by atoms with Gasteiger partial charge in [-0.2, -0.15) is 0 Å². The molecule has 2 heterocycles. The lowest BCUT2D eigenvalue weighted by atomic mass is 9.76. The van der Waals surface area contributed by atoms with E-state index in [1.54, 1.807) is 13.1 Å². The van der Waals surface area contributed by atoms with Crippen molar-refractivity contribution < 1.29 is 24.3 Å². The number of likely N-dealkylation sites (N-methyl/N-ethyl adjacent to an activating group) is 1. The van der Waals surface area contributed by atoms with E-state index in [9.17, 15) is 14.9 Å². The zero-order valence-electron chi connectivity index (χ0n) is 16.3. The van der Waals surface area contributed by atoms with E-state index in [2.05, 4.69) is 9.97 Å². The number of hydrogen-bond acceptors (Lipinski definition) is 7. The molecule has 0 fully saturated rings. The third-order valence-corrected chi connectivity index (χ3v) is 4.96. The fraction of sp³-hybridized carbons (Fsp3) is 0.421. The van der Waals surface area contributed by atoms with E-state index in [0.717, 1.165) is 17.5 Å². The second kappa shape index (κ2) is 8.68. The standard InChI is InChI=1S/C19H24BN3O5/c1-4-5-14(10-24)23(3)19(25)15-8-22-17(9-21-15)28-16-7-6-13-11-27-20(26)18(13)12(16)2/h6-9,14,24,26H,4-5,10-11H2,1-3H3. The zero-order chi connectivity index (χ0) is 20.3. The molecule has 0 spiro atoms. The van der Waals surface area contributed by atoms with Gasteiger partial charge in [0, 0.05) is 7.05 Å². The predicted molar refractivity (Wildman–Crippen MR) is 104 cm³/mol. The lowest BCUT2D eigenvalue weighted by molar-refractivity contribution is 0.0641. The van der Waals surface area contributed by atoms with Crippen molar-refractivity contribution in [3.63, 3.8) is 0 Å². The monoisotopic (exact) mass is 385 g/mol. The Hall–Kier alpha value is -2.49. The maximum absolute atomic E-state index is 12.5. The Morgan fingerprint density at radius 1 is 1.39 bits per heavy atom. The molecular formula is C19H24BN3O5. The number of nitrogens with zero attached hydrogens (tertiary/aromatic N) is 3. The second-order valence-corrected chi connectivity index (χ2v) is 6.81. The number of amides is 1. The molecule has 8 nitrogen and oxygen atoms in total. The van der Waals surface area contributed by atoms with E-state index in [1.165, 1.54) is 17.3 Å². The molecule has 1 amide bonds. The molecule has 1 aliphatic heterocycles. The maximum Gasteiger partial charge on any atom is 0.492 e. The summed E-state index contributed by atoms with van der Waals surface area (Å²) < 4.78 is 11.0. The number of carbonyl (C=O) groups excluding carboxylic acids is 1. The van der Waals surface area contributed by atoms with Crippen molar-refractivity contribution >= 4 is 18.5 Å². The van der Waals surface area contributed by atoms with E-state index in [1.807, 2.05) is 19.9 Å². The summed E-state index contributed by atoms with van der Waals surface area (Å²) in [4.78, 5) is 22.4. The number of aliphatic hydroxyl groups is 1. The van der Waals surface area contributed by atoms with Gasteiger partial charge in [0.25, 0.3) is 5.91 Å². The van der Waals surface area contributed by atoms with Gasteiger partial charge >= 0.3 is 7.12 Å². The molecule has 28 heavy (non-hydrogen) atoms. The SMILES string of the molecule is CCCC(CO)N(C)C(=O)c1cnc(Oc2ccc3c(c2C)B(O)OC3)cn1. The minimum Gasteiger partial charge on any atom is -0.437 e. The Kier molecular flexibility index (Phi) is 6.28. The summed E-state index contributed by atoms with van der Waals surface area (Å²) >= 11 is 0. The van der Waals surface area contributed by atoms with Gasteiger partial charge in [-0.1, -0.05) is 19.4 Å². The normalized spacial score (nSPS) is 14.0. The fourth-order valence-corrected chi connectivity index (χ4v) is 3.28. The smallest absolute Gasteiger partial charge is 0.437 e. The number of benzene rings is 1. The van der Waals surface area contributed by atoms with Gasteiger partial charge in [0.05, 0.1) is 31.6 Å². The summed E-state index contributed by atoms with van der Waals surface area (Å²) in [6.07, 6.45) is 4.31. The average Bonchev–Trinajstić information content (AvgIpc) is 3.09. The Labute approximate surface area is 164 Å². The molecule has 1 unspecified atom stereocenters. The predicted octanol–water partition coefficient (Wildman–Crippen LogP) is 1.03. The molecule has 3 rings (SSSR count). The van der Waals surface area contributed by atoms with Crippen LogP contribution in [-0.4, -0.2) is 57.7 Å². The van der Waals surface area contributed by atoms with Crippen LogP contribution in [0.2, 0.25) is 0 Å². The number of rotatable bonds is 7. The van der Waals surface area contributed by atoms with E-state index < -0.39 is 7.12 Å². The van der Waals surface area contributed by atoms with Crippen LogP contribution in [0.15, 0.2) is 24.5 Å². The van der Waals surface area contributed by atoms with Crippen molar-refractivity contribution in [2.45, 2.75) is 39.3 Å². The lowest BCUT2D eigenvalue weighted by Crippen LogP contribution is -2.39. The Bertz CT molecular complexity index is 846. The number of aromatic nitrogens is 2. The fourth-order valence-electron chi connectivity index (χ4n) is 3.28. The van der Waals surface area contributed by atoms with Crippen molar-refractivity contribution in [2.24, 2.45) is 0 Å². The number of carbonyl (C=O) groups is 1. The first-order valence-corrected chi connectivity index (χ1v) is 9.26. The molecule has 148 valence electrons. The molecule has 0 aliphatic carbocycles. The summed E-state index contributed by atoms with van der Waals surface area (Å²) in [5.74, 6) is 0.473. The lowest BCUT2D eigenvalue weighted by Gasteiger charge is -2.25. The van der Waals surface area contributed by atoms with Crippen molar-refractivity contribution in [3.05, 3.63) is 41.3 Å². The summed E-state index contributed by atoms with van der Waals surface area (Å²) in [6, 6.07) is 3.38. The van der Waals surface area contributed by atoms with Crippen molar-refractivity contribution in [1.29, 1.82) is 0 Å². The van der Waals surface area contributed by atoms with Gasteiger partial charge < -0.3 is 24.4 Å². The molecule has 2 N–H and O–H groups in total. The van der Waals surface area contributed by atoms with E-state index in [4.69, 9.17) is 9.39 Å². The van der Waals surface area contributed by atoms with Crippen LogP contribution < -0.4 is 10.2 Å². The Balaban J connectivity index is 1.73. The molecule has 1 atom stereocenters. The maximum atomic E-state index is 12.5. The summed E-state index contributed by atoms with van der Waals surface area (Å²) in [5.41, 5.74) is 2.59. The molecular weight excluding hydrogens is 361 g/mol. The highest BCUT2D eigenvalue weighted by Crippen LogP contribution is 2.25. The number of fused-ring (bicyclic) bond motifs is 1. The molecule has 1 aliphatic rings. The Morgan fingerprint density at radius 3 is 2.82 bits per heavy atom. The third-order valence-electron chi connectivity index (χ3n) is 4.96.